The van der Waals surface area contributed by atoms with E-state index in [1.54, 1.807) is 26.8 Å². The van der Waals surface area contributed by atoms with Crippen LogP contribution in [0.25, 0.3) is 0 Å². The number of hydrogen-bond donors (Lipinski definition) is 1. The Morgan fingerprint density at radius 1 is 1.21 bits per heavy atom. The maximum Gasteiger partial charge on any atom is 0.396 e. The summed E-state index contributed by atoms with van der Waals surface area (Å²) in [6.45, 7) is 4.85. The molecule has 2 rings (SSSR count). The van der Waals surface area contributed by atoms with Gasteiger partial charge < -0.3 is 4.18 Å². The SMILES string of the molecule is CC(C)(C)S(=O)NC(C1CC1)C(F)(F)S(=O)(=O)Oc1ccccc1. The summed E-state index contributed by atoms with van der Waals surface area (Å²) in [7, 11) is -7.06. The second-order valence-corrected chi connectivity index (χ2v) is 10.3. The molecule has 1 saturated carbocycles. The van der Waals surface area contributed by atoms with Crippen LogP contribution in [-0.2, 0) is 21.1 Å². The van der Waals surface area contributed by atoms with Gasteiger partial charge >= 0.3 is 15.4 Å². The first-order valence-electron chi connectivity index (χ1n) is 7.50. The van der Waals surface area contributed by atoms with Crippen molar-refractivity contribution in [1.82, 2.24) is 4.72 Å². The number of benzene rings is 1. The standard InChI is InChI=1S/C15H21F2NO4S2/c1-14(2,3)23(19)18-13(11-9-10-11)15(16,17)24(20,21)22-12-7-5-4-6-8-12/h4-8,11,13,18H,9-10H2,1-3H3. The van der Waals surface area contributed by atoms with Crippen LogP contribution < -0.4 is 8.91 Å². The van der Waals surface area contributed by atoms with Crippen LogP contribution in [-0.4, -0.2) is 28.7 Å². The molecule has 1 fully saturated rings. The van der Waals surface area contributed by atoms with Crippen LogP contribution in [0.3, 0.4) is 0 Å². The fourth-order valence-electron chi connectivity index (χ4n) is 1.97. The number of hydrogen-bond acceptors (Lipinski definition) is 4. The van der Waals surface area contributed by atoms with E-state index in [1.807, 2.05) is 0 Å². The van der Waals surface area contributed by atoms with Crippen molar-refractivity contribution >= 4 is 21.1 Å². The van der Waals surface area contributed by atoms with Crippen LogP contribution in [0, 0.1) is 5.92 Å². The maximum absolute atomic E-state index is 14.7. The summed E-state index contributed by atoms with van der Waals surface area (Å²) in [6, 6.07) is 5.37. The predicted molar refractivity (Wildman–Crippen MR) is 88.5 cm³/mol. The molecule has 1 aliphatic carbocycles. The zero-order chi connectivity index (χ0) is 18.2. The Bertz CT molecular complexity index is 698. The fraction of sp³-hybridized carbons (Fsp3) is 0.600. The molecular formula is C15H21F2NO4S2. The minimum Gasteiger partial charge on any atom is -0.378 e. The van der Waals surface area contributed by atoms with Gasteiger partial charge in [0.1, 0.15) is 11.8 Å². The average Bonchev–Trinajstić information content (AvgIpc) is 3.28. The van der Waals surface area contributed by atoms with Crippen LogP contribution in [0.4, 0.5) is 8.78 Å². The molecule has 0 aromatic heterocycles. The van der Waals surface area contributed by atoms with Gasteiger partial charge in [-0.05, 0) is 51.7 Å². The molecule has 0 amide bonds. The zero-order valence-electron chi connectivity index (χ0n) is 13.7. The molecule has 9 heteroatoms. The monoisotopic (exact) mass is 381 g/mol. The van der Waals surface area contributed by atoms with Crippen LogP contribution >= 0.6 is 0 Å². The van der Waals surface area contributed by atoms with Gasteiger partial charge in [-0.2, -0.15) is 17.2 Å². The zero-order valence-corrected chi connectivity index (χ0v) is 15.3. The molecule has 0 radical (unpaired) electrons. The van der Waals surface area contributed by atoms with Crippen molar-refractivity contribution in [3.63, 3.8) is 0 Å². The van der Waals surface area contributed by atoms with Gasteiger partial charge in [0.05, 0.1) is 15.7 Å². The number of alkyl halides is 2. The molecular weight excluding hydrogens is 360 g/mol. The van der Waals surface area contributed by atoms with Gasteiger partial charge in [0.2, 0.25) is 0 Å². The highest BCUT2D eigenvalue weighted by atomic mass is 32.2. The average molecular weight is 381 g/mol. The highest BCUT2D eigenvalue weighted by Crippen LogP contribution is 2.43. The van der Waals surface area contributed by atoms with E-state index < -0.39 is 43.1 Å². The lowest BCUT2D eigenvalue weighted by atomic mass is 10.2. The van der Waals surface area contributed by atoms with Crippen LogP contribution in [0.1, 0.15) is 33.6 Å². The Balaban J connectivity index is 2.25. The van der Waals surface area contributed by atoms with E-state index >= 15 is 0 Å². The second kappa shape index (κ2) is 6.68. The molecule has 0 bridgehead atoms. The summed E-state index contributed by atoms with van der Waals surface area (Å²) in [6.07, 6.45) is 0.908. The Labute approximate surface area is 143 Å². The lowest BCUT2D eigenvalue weighted by Crippen LogP contribution is -2.55. The number of rotatable bonds is 7. The van der Waals surface area contributed by atoms with Gasteiger partial charge in [-0.3, -0.25) is 0 Å². The van der Waals surface area contributed by atoms with Crippen LogP contribution in [0.2, 0.25) is 0 Å². The highest BCUT2D eigenvalue weighted by molar-refractivity contribution is 7.88. The van der Waals surface area contributed by atoms with E-state index in [1.165, 1.54) is 24.3 Å². The molecule has 136 valence electrons. The number of halogens is 2. The first-order chi connectivity index (χ1) is 10.9. The number of nitrogens with one attached hydrogen (secondary N) is 1. The van der Waals surface area contributed by atoms with Gasteiger partial charge in [-0.15, -0.1) is 0 Å². The normalized spacial score (nSPS) is 18.9. The molecule has 1 aromatic rings. The Morgan fingerprint density at radius 2 is 1.75 bits per heavy atom. The topological polar surface area (TPSA) is 72.5 Å². The molecule has 1 aromatic carbocycles. The summed E-state index contributed by atoms with van der Waals surface area (Å²) in [5.74, 6) is -0.746. The predicted octanol–water partition coefficient (Wildman–Crippen LogP) is 2.82. The third-order valence-corrected chi connectivity index (χ3v) is 6.44. The second-order valence-electron chi connectivity index (χ2n) is 6.73. The Kier molecular flexibility index (Phi) is 5.37. The summed E-state index contributed by atoms with van der Waals surface area (Å²) in [4.78, 5) is 0. The van der Waals surface area contributed by atoms with Crippen molar-refractivity contribution in [1.29, 1.82) is 0 Å². The first-order valence-corrected chi connectivity index (χ1v) is 10.1. The molecule has 24 heavy (non-hydrogen) atoms. The van der Waals surface area contributed by atoms with Gasteiger partial charge in [0, 0.05) is 0 Å². The van der Waals surface area contributed by atoms with Crippen LogP contribution in [0.15, 0.2) is 30.3 Å². The van der Waals surface area contributed by atoms with Crippen LogP contribution in [0.5, 0.6) is 5.75 Å². The van der Waals surface area contributed by atoms with E-state index in [9.17, 15) is 21.4 Å². The van der Waals surface area contributed by atoms with E-state index in [-0.39, 0.29) is 5.75 Å². The molecule has 0 spiro atoms. The van der Waals surface area contributed by atoms with Gasteiger partial charge in [-0.25, -0.2) is 8.93 Å². The lowest BCUT2D eigenvalue weighted by molar-refractivity contribution is 0.0400. The Morgan fingerprint density at radius 3 is 2.21 bits per heavy atom. The molecule has 5 nitrogen and oxygen atoms in total. The summed E-state index contributed by atoms with van der Waals surface area (Å²) in [5.41, 5.74) is 0. The fourth-order valence-corrected chi connectivity index (χ4v) is 4.01. The number of para-hydroxylation sites is 1. The summed E-state index contributed by atoms with van der Waals surface area (Å²) in [5, 5.41) is -4.20. The molecule has 2 atom stereocenters. The van der Waals surface area contributed by atoms with E-state index in [0.29, 0.717) is 12.8 Å². The highest BCUT2D eigenvalue weighted by Gasteiger charge is 2.59. The van der Waals surface area contributed by atoms with Crippen molar-refractivity contribution in [2.24, 2.45) is 5.92 Å². The van der Waals surface area contributed by atoms with Crippen molar-refractivity contribution < 1.29 is 25.6 Å². The van der Waals surface area contributed by atoms with Gasteiger partial charge in [-0.1, -0.05) is 18.2 Å². The van der Waals surface area contributed by atoms with Crippen molar-refractivity contribution in [3.05, 3.63) is 30.3 Å². The van der Waals surface area contributed by atoms with E-state index in [2.05, 4.69) is 8.91 Å². The van der Waals surface area contributed by atoms with E-state index in [4.69, 9.17) is 0 Å². The molecule has 2 unspecified atom stereocenters. The van der Waals surface area contributed by atoms with E-state index in [0.717, 1.165) is 0 Å². The molecule has 0 aliphatic heterocycles. The largest absolute Gasteiger partial charge is 0.396 e. The first kappa shape index (κ1) is 19.3. The quantitative estimate of drug-likeness (QED) is 0.737. The molecule has 1 N–H and O–H groups in total. The Hall–Kier alpha value is -1.06. The third kappa shape index (κ3) is 4.31. The van der Waals surface area contributed by atoms with Crippen molar-refractivity contribution in [2.75, 3.05) is 0 Å². The molecule has 1 aliphatic rings. The molecule has 0 heterocycles. The smallest absolute Gasteiger partial charge is 0.378 e. The lowest BCUT2D eigenvalue weighted by Gasteiger charge is -2.29. The third-order valence-electron chi connectivity index (χ3n) is 3.53. The summed E-state index contributed by atoms with van der Waals surface area (Å²) < 4.78 is 71.9. The van der Waals surface area contributed by atoms with Gasteiger partial charge in [0.25, 0.3) is 0 Å². The minimum absolute atomic E-state index is 0.191. The maximum atomic E-state index is 14.7. The molecule has 0 saturated heterocycles. The van der Waals surface area contributed by atoms with Crippen molar-refractivity contribution in [2.45, 2.75) is 49.7 Å². The minimum atomic E-state index is -5.24. The van der Waals surface area contributed by atoms with Gasteiger partial charge in [0.15, 0.2) is 0 Å². The summed E-state index contributed by atoms with van der Waals surface area (Å²) >= 11 is 0. The van der Waals surface area contributed by atoms with Crippen molar-refractivity contribution in [3.8, 4) is 5.75 Å².